The molecule has 1 heterocycles. The Morgan fingerprint density at radius 2 is 2.12 bits per heavy atom. The van der Waals surface area contributed by atoms with Crippen molar-refractivity contribution in [1.82, 2.24) is 9.88 Å². The maximum Gasteiger partial charge on any atom is 0.418 e. The Bertz CT molecular complexity index is 746. The van der Waals surface area contributed by atoms with Crippen LogP contribution >= 0.6 is 11.3 Å². The van der Waals surface area contributed by atoms with Gasteiger partial charge in [-0.1, -0.05) is 0 Å². The molecule has 0 fully saturated rings. The summed E-state index contributed by atoms with van der Waals surface area (Å²) in [4.78, 5) is 17.7. The van der Waals surface area contributed by atoms with Gasteiger partial charge in [0.1, 0.15) is 5.75 Å². The summed E-state index contributed by atoms with van der Waals surface area (Å²) in [6.07, 6.45) is -4.61. The van der Waals surface area contributed by atoms with Gasteiger partial charge in [0.05, 0.1) is 35.1 Å². The molecule has 1 aromatic heterocycles. The minimum Gasteiger partial charge on any atom is -0.494 e. The van der Waals surface area contributed by atoms with E-state index in [0.29, 0.717) is 5.69 Å². The average molecular weight is 373 g/mol. The number of anilines is 1. The highest BCUT2D eigenvalue weighted by Gasteiger charge is 2.34. The van der Waals surface area contributed by atoms with Gasteiger partial charge in [-0.2, -0.15) is 13.2 Å². The van der Waals surface area contributed by atoms with Gasteiger partial charge in [-0.3, -0.25) is 0 Å². The quantitative estimate of drug-likeness (QED) is 0.838. The van der Waals surface area contributed by atoms with Crippen molar-refractivity contribution in [3.05, 3.63) is 39.8 Å². The number of carbonyl (C=O) groups is 1. The molecule has 0 saturated carbocycles. The zero-order valence-electron chi connectivity index (χ0n) is 14.0. The SMILES string of the molecule is CCOc1ccc(NC(=O)N(C)Cc2csc(C)n2)c(C(F)(F)F)c1. The fraction of sp³-hybridized carbons (Fsp3) is 0.375. The van der Waals surface area contributed by atoms with Crippen LogP contribution in [0.25, 0.3) is 0 Å². The number of halogens is 3. The zero-order valence-corrected chi connectivity index (χ0v) is 14.8. The minimum atomic E-state index is -4.61. The summed E-state index contributed by atoms with van der Waals surface area (Å²) in [6, 6.07) is 2.80. The number of nitrogens with one attached hydrogen (secondary N) is 1. The topological polar surface area (TPSA) is 54.5 Å². The summed E-state index contributed by atoms with van der Waals surface area (Å²) >= 11 is 1.44. The lowest BCUT2D eigenvalue weighted by Gasteiger charge is -2.20. The van der Waals surface area contributed by atoms with Gasteiger partial charge >= 0.3 is 12.2 Å². The normalized spacial score (nSPS) is 11.3. The van der Waals surface area contributed by atoms with Crippen LogP contribution in [0, 0.1) is 6.92 Å². The zero-order chi connectivity index (χ0) is 18.6. The molecule has 0 aliphatic carbocycles. The van der Waals surface area contributed by atoms with E-state index in [1.807, 2.05) is 6.92 Å². The molecule has 2 amide bonds. The summed E-state index contributed by atoms with van der Waals surface area (Å²) in [5.74, 6) is 0.0964. The molecule has 0 radical (unpaired) electrons. The number of carbonyl (C=O) groups excluding carboxylic acids is 1. The van der Waals surface area contributed by atoms with Gasteiger partial charge in [0.15, 0.2) is 0 Å². The molecule has 2 rings (SSSR count). The van der Waals surface area contributed by atoms with Crippen molar-refractivity contribution in [2.75, 3.05) is 19.0 Å². The van der Waals surface area contributed by atoms with Crippen LogP contribution in [-0.4, -0.2) is 29.6 Å². The van der Waals surface area contributed by atoms with E-state index in [9.17, 15) is 18.0 Å². The molecule has 9 heteroatoms. The fourth-order valence-electron chi connectivity index (χ4n) is 2.13. The number of hydrogen-bond donors (Lipinski definition) is 1. The molecule has 0 aliphatic heterocycles. The number of urea groups is 1. The standard InChI is InChI=1S/C16H18F3N3O2S/c1-4-24-12-5-6-14(13(7-12)16(17,18)19)21-15(23)22(3)8-11-9-25-10(2)20-11/h5-7,9H,4,8H2,1-3H3,(H,21,23). The molecule has 0 bridgehead atoms. The van der Waals surface area contributed by atoms with E-state index in [1.54, 1.807) is 12.3 Å². The number of rotatable bonds is 5. The predicted octanol–water partition coefficient (Wildman–Crippen LogP) is 4.53. The largest absolute Gasteiger partial charge is 0.494 e. The van der Waals surface area contributed by atoms with Crippen molar-refractivity contribution in [3.63, 3.8) is 0 Å². The molecule has 1 aromatic carbocycles. The van der Waals surface area contributed by atoms with E-state index in [4.69, 9.17) is 4.74 Å². The molecular formula is C16H18F3N3O2S. The summed E-state index contributed by atoms with van der Waals surface area (Å²) in [5, 5.41) is 4.96. The Morgan fingerprint density at radius 3 is 2.68 bits per heavy atom. The molecule has 136 valence electrons. The lowest BCUT2D eigenvalue weighted by Crippen LogP contribution is -2.31. The molecule has 2 aromatic rings. The van der Waals surface area contributed by atoms with Crippen LogP contribution in [0.5, 0.6) is 5.75 Å². The number of benzene rings is 1. The highest BCUT2D eigenvalue weighted by molar-refractivity contribution is 7.09. The molecular weight excluding hydrogens is 355 g/mol. The average Bonchev–Trinajstić information content (AvgIpc) is 2.93. The Kier molecular flexibility index (Phi) is 5.89. The summed E-state index contributed by atoms with van der Waals surface area (Å²) < 4.78 is 44.8. The third-order valence-corrected chi connectivity index (χ3v) is 4.08. The molecule has 1 N–H and O–H groups in total. The van der Waals surface area contributed by atoms with Crippen molar-refractivity contribution >= 4 is 23.1 Å². The molecule has 0 atom stereocenters. The van der Waals surface area contributed by atoms with Crippen LogP contribution < -0.4 is 10.1 Å². The molecule has 25 heavy (non-hydrogen) atoms. The number of thiazole rings is 1. The second-order valence-electron chi connectivity index (χ2n) is 5.28. The van der Waals surface area contributed by atoms with Gasteiger partial charge in [0.25, 0.3) is 0 Å². The maximum absolute atomic E-state index is 13.2. The third-order valence-electron chi connectivity index (χ3n) is 3.26. The van der Waals surface area contributed by atoms with Crippen molar-refractivity contribution in [1.29, 1.82) is 0 Å². The van der Waals surface area contributed by atoms with E-state index < -0.39 is 17.8 Å². The summed E-state index contributed by atoms with van der Waals surface area (Å²) in [6.45, 7) is 3.97. The Balaban J connectivity index is 2.16. The van der Waals surface area contributed by atoms with E-state index >= 15 is 0 Å². The van der Waals surface area contributed by atoms with Gasteiger partial charge < -0.3 is 15.0 Å². The summed E-state index contributed by atoms with van der Waals surface area (Å²) in [7, 11) is 1.49. The highest BCUT2D eigenvalue weighted by atomic mass is 32.1. The lowest BCUT2D eigenvalue weighted by atomic mass is 10.1. The van der Waals surface area contributed by atoms with Gasteiger partial charge in [-0.15, -0.1) is 11.3 Å². The molecule has 5 nitrogen and oxygen atoms in total. The summed E-state index contributed by atoms with van der Waals surface area (Å²) in [5.41, 5.74) is -0.588. The van der Waals surface area contributed by atoms with Crippen molar-refractivity contribution in [2.24, 2.45) is 0 Å². The fourth-order valence-corrected chi connectivity index (χ4v) is 2.73. The van der Waals surface area contributed by atoms with E-state index in [1.165, 1.54) is 35.4 Å². The van der Waals surface area contributed by atoms with Crippen molar-refractivity contribution < 1.29 is 22.7 Å². The van der Waals surface area contributed by atoms with Crippen LogP contribution in [0.4, 0.5) is 23.7 Å². The highest BCUT2D eigenvalue weighted by Crippen LogP contribution is 2.37. The van der Waals surface area contributed by atoms with Crippen LogP contribution in [0.2, 0.25) is 0 Å². The smallest absolute Gasteiger partial charge is 0.418 e. The first kappa shape index (κ1) is 19.0. The van der Waals surface area contributed by atoms with Crippen LogP contribution in [0.15, 0.2) is 23.6 Å². The van der Waals surface area contributed by atoms with Gasteiger partial charge in [-0.25, -0.2) is 9.78 Å². The number of aryl methyl sites for hydroxylation is 1. The minimum absolute atomic E-state index is 0.0964. The van der Waals surface area contributed by atoms with Gasteiger partial charge in [-0.05, 0) is 32.0 Å². The van der Waals surface area contributed by atoms with E-state index in [2.05, 4.69) is 10.3 Å². The monoisotopic (exact) mass is 373 g/mol. The van der Waals surface area contributed by atoms with Crippen molar-refractivity contribution in [3.8, 4) is 5.75 Å². The van der Waals surface area contributed by atoms with Crippen molar-refractivity contribution in [2.45, 2.75) is 26.6 Å². The maximum atomic E-state index is 13.2. The van der Waals surface area contributed by atoms with Gasteiger partial charge in [0.2, 0.25) is 0 Å². The Hall–Kier alpha value is -2.29. The van der Waals surface area contributed by atoms with E-state index in [-0.39, 0.29) is 24.6 Å². The number of alkyl halides is 3. The number of aromatic nitrogens is 1. The number of nitrogens with zero attached hydrogens (tertiary/aromatic N) is 2. The van der Waals surface area contributed by atoms with Crippen LogP contribution in [0.1, 0.15) is 23.2 Å². The first-order valence-electron chi connectivity index (χ1n) is 7.48. The first-order chi connectivity index (χ1) is 11.7. The number of hydrogen-bond acceptors (Lipinski definition) is 4. The molecule has 0 unspecified atom stereocenters. The molecule has 0 spiro atoms. The first-order valence-corrected chi connectivity index (χ1v) is 8.35. The predicted molar refractivity (Wildman–Crippen MR) is 89.9 cm³/mol. The molecule has 0 saturated heterocycles. The van der Waals surface area contributed by atoms with E-state index in [0.717, 1.165) is 11.1 Å². The van der Waals surface area contributed by atoms with Gasteiger partial charge in [0, 0.05) is 12.4 Å². The van der Waals surface area contributed by atoms with Crippen LogP contribution in [0.3, 0.4) is 0 Å². The second kappa shape index (κ2) is 7.73. The molecule has 0 aliphatic rings. The third kappa shape index (κ3) is 5.09. The Morgan fingerprint density at radius 1 is 1.40 bits per heavy atom. The second-order valence-corrected chi connectivity index (χ2v) is 6.34. The lowest BCUT2D eigenvalue weighted by molar-refractivity contribution is -0.137. The van der Waals surface area contributed by atoms with Crippen LogP contribution in [-0.2, 0) is 12.7 Å². The number of amides is 2. The Labute approximate surface area is 147 Å². The number of ether oxygens (including phenoxy) is 1.